The van der Waals surface area contributed by atoms with Crippen molar-refractivity contribution < 1.29 is 24.1 Å². The first-order chi connectivity index (χ1) is 12.0. The Morgan fingerprint density at radius 3 is 2.50 bits per heavy atom. The zero-order valence-corrected chi connectivity index (χ0v) is 16.2. The van der Waals surface area contributed by atoms with Crippen LogP contribution in [-0.2, 0) is 9.47 Å². The van der Waals surface area contributed by atoms with E-state index in [2.05, 4.69) is 11.8 Å². The van der Waals surface area contributed by atoms with Crippen LogP contribution in [0, 0.1) is 11.8 Å². The van der Waals surface area contributed by atoms with Gasteiger partial charge in [0.05, 0.1) is 19.8 Å². The Hall–Kier alpha value is -2.23. The fourth-order valence-electron chi connectivity index (χ4n) is 2.66. The van der Waals surface area contributed by atoms with Crippen LogP contribution >= 0.6 is 0 Å². The summed E-state index contributed by atoms with van der Waals surface area (Å²) in [7, 11) is 1.59. The predicted molar refractivity (Wildman–Crippen MR) is 97.8 cm³/mol. The molecule has 1 aromatic carbocycles. The topological polar surface area (TPSA) is 68.2 Å². The quantitative estimate of drug-likeness (QED) is 0.821. The lowest BCUT2D eigenvalue weighted by Gasteiger charge is -2.35. The van der Waals surface area contributed by atoms with Crippen molar-refractivity contribution in [2.24, 2.45) is 0 Å². The average Bonchev–Trinajstić information content (AvgIpc) is 2.87. The fourth-order valence-corrected chi connectivity index (χ4v) is 2.66. The van der Waals surface area contributed by atoms with Crippen LogP contribution in [0.1, 0.15) is 40.2 Å². The molecule has 142 valence electrons. The number of carbonyl (C=O) groups is 1. The van der Waals surface area contributed by atoms with Gasteiger partial charge in [-0.3, -0.25) is 4.90 Å². The van der Waals surface area contributed by atoms with Gasteiger partial charge in [-0.25, -0.2) is 4.79 Å². The van der Waals surface area contributed by atoms with E-state index in [1.54, 1.807) is 66.0 Å². The lowest BCUT2D eigenvalue weighted by Crippen LogP contribution is -2.53. The summed E-state index contributed by atoms with van der Waals surface area (Å²) in [6, 6.07) is 6.60. The smallest absolute Gasteiger partial charge is 0.413 e. The molecule has 6 nitrogen and oxygen atoms in total. The number of hydrogen-bond acceptors (Lipinski definition) is 5. The molecule has 0 bridgehead atoms. The maximum absolute atomic E-state index is 12.6. The number of aliphatic hydroxyl groups is 1. The van der Waals surface area contributed by atoms with Crippen molar-refractivity contribution in [3.05, 3.63) is 29.8 Å². The number of nitrogens with zero attached hydrogens (tertiary/aromatic N) is 1. The van der Waals surface area contributed by atoms with E-state index in [0.717, 1.165) is 11.3 Å². The third kappa shape index (κ3) is 4.90. The van der Waals surface area contributed by atoms with Crippen LogP contribution in [0.15, 0.2) is 24.3 Å². The van der Waals surface area contributed by atoms with Crippen molar-refractivity contribution in [3.63, 3.8) is 0 Å². The van der Waals surface area contributed by atoms with Gasteiger partial charge in [0.2, 0.25) is 0 Å². The predicted octanol–water partition coefficient (Wildman–Crippen LogP) is 2.78. The van der Waals surface area contributed by atoms with Gasteiger partial charge in [0.15, 0.2) is 0 Å². The molecule has 1 aliphatic rings. The highest BCUT2D eigenvalue weighted by atomic mass is 16.6. The summed E-state index contributed by atoms with van der Waals surface area (Å²) in [4.78, 5) is 14.0. The molecule has 26 heavy (non-hydrogen) atoms. The lowest BCUT2D eigenvalue weighted by molar-refractivity contribution is -0.0658. The molecule has 0 unspecified atom stereocenters. The zero-order chi connectivity index (χ0) is 19.5. The number of benzene rings is 1. The largest absolute Gasteiger partial charge is 0.497 e. The van der Waals surface area contributed by atoms with Crippen LogP contribution in [0.4, 0.5) is 4.79 Å². The third-order valence-corrected chi connectivity index (χ3v) is 3.93. The van der Waals surface area contributed by atoms with Crippen molar-refractivity contribution >= 4 is 6.09 Å². The van der Waals surface area contributed by atoms with Gasteiger partial charge in [0, 0.05) is 5.56 Å². The van der Waals surface area contributed by atoms with Crippen molar-refractivity contribution in [1.29, 1.82) is 0 Å². The monoisotopic (exact) mass is 361 g/mol. The number of ether oxygens (including phenoxy) is 3. The van der Waals surface area contributed by atoms with Gasteiger partial charge in [-0.15, -0.1) is 0 Å². The highest BCUT2D eigenvalue weighted by Crippen LogP contribution is 2.30. The lowest BCUT2D eigenvalue weighted by atomic mass is 10.1. The molecule has 1 amide bonds. The molecule has 2 rings (SSSR count). The highest BCUT2D eigenvalue weighted by molar-refractivity contribution is 5.70. The second-order valence-corrected chi connectivity index (χ2v) is 7.62. The summed E-state index contributed by atoms with van der Waals surface area (Å²) in [6.07, 6.45) is -1.60. The van der Waals surface area contributed by atoms with E-state index in [0.29, 0.717) is 0 Å². The molecule has 2 atom stereocenters. The fraction of sp³-hybridized carbons (Fsp3) is 0.550. The summed E-state index contributed by atoms with van der Waals surface area (Å²) in [5.74, 6) is 6.45. The number of methoxy groups -OCH3 is 1. The molecule has 1 heterocycles. The molecular formula is C20H27NO5. The van der Waals surface area contributed by atoms with Gasteiger partial charge in [-0.1, -0.05) is 11.8 Å². The SMILES string of the molecule is COc1ccc(C#C[C@@H](O)[C@H]2COC(C)(C)N2C(=O)OC(C)(C)C)cc1. The van der Waals surface area contributed by atoms with Crippen molar-refractivity contribution in [3.8, 4) is 17.6 Å². The molecule has 1 N–H and O–H groups in total. The molecular weight excluding hydrogens is 334 g/mol. The summed E-state index contributed by atoms with van der Waals surface area (Å²) in [6.45, 7) is 9.10. The van der Waals surface area contributed by atoms with Crippen molar-refractivity contribution in [1.82, 2.24) is 4.90 Å². The Bertz CT molecular complexity index is 694. The minimum absolute atomic E-state index is 0.185. The van der Waals surface area contributed by atoms with E-state index in [9.17, 15) is 9.90 Å². The van der Waals surface area contributed by atoms with Crippen LogP contribution in [-0.4, -0.2) is 53.3 Å². The second-order valence-electron chi connectivity index (χ2n) is 7.62. The summed E-state index contributed by atoms with van der Waals surface area (Å²) in [5.41, 5.74) is -0.776. The van der Waals surface area contributed by atoms with Gasteiger partial charge < -0.3 is 19.3 Å². The standard InChI is InChI=1S/C20H27NO5/c1-19(2,3)26-18(23)21-16(13-25-20(21,4)5)17(22)12-9-14-7-10-15(24-6)11-8-14/h7-8,10-11,16-17,22H,13H2,1-6H3/t16-,17-/m1/s1. The first-order valence-electron chi connectivity index (χ1n) is 8.53. The number of rotatable bonds is 2. The second kappa shape index (κ2) is 7.56. The normalized spacial score (nSPS) is 20.1. The minimum Gasteiger partial charge on any atom is -0.497 e. The van der Waals surface area contributed by atoms with E-state index in [1.807, 2.05) is 0 Å². The Kier molecular flexibility index (Phi) is 5.84. The number of aliphatic hydroxyl groups excluding tert-OH is 1. The van der Waals surface area contributed by atoms with Crippen LogP contribution in [0.3, 0.4) is 0 Å². The van der Waals surface area contributed by atoms with E-state index in [4.69, 9.17) is 14.2 Å². The molecule has 0 radical (unpaired) electrons. The summed E-state index contributed by atoms with van der Waals surface area (Å²) < 4.78 is 16.3. The maximum atomic E-state index is 12.6. The zero-order valence-electron chi connectivity index (χ0n) is 16.2. The number of carbonyl (C=O) groups excluding carboxylic acids is 1. The van der Waals surface area contributed by atoms with Gasteiger partial charge in [0.1, 0.15) is 23.2 Å². The molecule has 0 aliphatic carbocycles. The first-order valence-corrected chi connectivity index (χ1v) is 8.53. The van der Waals surface area contributed by atoms with Crippen molar-refractivity contribution in [2.75, 3.05) is 13.7 Å². The van der Waals surface area contributed by atoms with Gasteiger partial charge in [0.25, 0.3) is 0 Å². The Morgan fingerprint density at radius 2 is 1.96 bits per heavy atom. The Balaban J connectivity index is 2.17. The minimum atomic E-state index is -1.06. The van der Waals surface area contributed by atoms with Crippen LogP contribution in [0.5, 0.6) is 5.75 Å². The van der Waals surface area contributed by atoms with Crippen molar-refractivity contribution in [2.45, 2.75) is 58.1 Å². The van der Waals surface area contributed by atoms with Crippen LogP contribution in [0.2, 0.25) is 0 Å². The number of amides is 1. The number of hydrogen-bond donors (Lipinski definition) is 1. The van der Waals surface area contributed by atoms with Crippen LogP contribution < -0.4 is 4.74 Å². The maximum Gasteiger partial charge on any atom is 0.413 e. The molecule has 1 fully saturated rings. The van der Waals surface area contributed by atoms with Gasteiger partial charge in [-0.2, -0.15) is 0 Å². The van der Waals surface area contributed by atoms with Gasteiger partial charge in [-0.05, 0) is 58.9 Å². The molecule has 1 aromatic rings. The molecule has 0 spiro atoms. The molecule has 6 heteroatoms. The summed E-state index contributed by atoms with van der Waals surface area (Å²) >= 11 is 0. The summed E-state index contributed by atoms with van der Waals surface area (Å²) in [5, 5.41) is 10.5. The molecule has 1 saturated heterocycles. The van der Waals surface area contributed by atoms with E-state index in [1.165, 1.54) is 4.90 Å². The Morgan fingerprint density at radius 1 is 1.35 bits per heavy atom. The molecule has 0 aromatic heterocycles. The molecule has 0 saturated carbocycles. The van der Waals surface area contributed by atoms with Gasteiger partial charge >= 0.3 is 6.09 Å². The Labute approximate surface area is 155 Å². The first kappa shape index (κ1) is 20.1. The average molecular weight is 361 g/mol. The van der Waals surface area contributed by atoms with Crippen LogP contribution in [0.25, 0.3) is 0 Å². The van der Waals surface area contributed by atoms with E-state index in [-0.39, 0.29) is 6.61 Å². The molecule has 1 aliphatic heterocycles. The third-order valence-electron chi connectivity index (χ3n) is 3.93. The van der Waals surface area contributed by atoms with E-state index >= 15 is 0 Å². The highest BCUT2D eigenvalue weighted by Gasteiger charge is 2.48. The van der Waals surface area contributed by atoms with E-state index < -0.39 is 29.6 Å².